The highest BCUT2D eigenvalue weighted by atomic mass is 79.9. The molecule has 102 valence electrons. The van der Waals surface area contributed by atoms with Crippen molar-refractivity contribution in [2.45, 2.75) is 38.7 Å². The number of benzene rings is 1. The Bertz CT molecular complexity index is 380. The van der Waals surface area contributed by atoms with Gasteiger partial charge in [0.2, 0.25) is 0 Å². The van der Waals surface area contributed by atoms with Crippen molar-refractivity contribution in [2.75, 3.05) is 14.2 Å². The zero-order chi connectivity index (χ0) is 13.8. The molecule has 0 aliphatic rings. The van der Waals surface area contributed by atoms with Crippen LogP contribution in [0.3, 0.4) is 0 Å². The Morgan fingerprint density at radius 3 is 2.33 bits per heavy atom. The highest BCUT2D eigenvalue weighted by Gasteiger charge is 2.30. The summed E-state index contributed by atoms with van der Waals surface area (Å²) in [5, 5.41) is 0. The van der Waals surface area contributed by atoms with Gasteiger partial charge in [-0.05, 0) is 46.5 Å². The quantitative estimate of drug-likeness (QED) is 0.760. The molecule has 4 heteroatoms. The maximum atomic E-state index is 13.9. The summed E-state index contributed by atoms with van der Waals surface area (Å²) in [6, 6.07) is 3.39. The Morgan fingerprint density at radius 2 is 1.94 bits per heavy atom. The van der Waals surface area contributed by atoms with Gasteiger partial charge in [-0.2, -0.15) is 0 Å². The minimum atomic E-state index is -0.426. The van der Waals surface area contributed by atoms with E-state index in [9.17, 15) is 4.39 Å². The van der Waals surface area contributed by atoms with Crippen molar-refractivity contribution in [3.63, 3.8) is 0 Å². The first-order chi connectivity index (χ1) is 8.54. The third-order valence-corrected chi connectivity index (χ3v) is 3.93. The number of rotatable bonds is 6. The molecule has 0 heterocycles. The summed E-state index contributed by atoms with van der Waals surface area (Å²) in [5.41, 5.74) is 0.421. The zero-order valence-electron chi connectivity index (χ0n) is 11.3. The lowest BCUT2D eigenvalue weighted by Crippen LogP contribution is -2.27. The SMILES string of the molecule is CCCC(CC)(OC)c1cc(F)c(OC)c(Br)c1. The molecule has 1 aromatic rings. The van der Waals surface area contributed by atoms with Gasteiger partial charge in [-0.25, -0.2) is 4.39 Å². The predicted molar refractivity (Wildman–Crippen MR) is 74.5 cm³/mol. The molecule has 0 fully saturated rings. The lowest BCUT2D eigenvalue weighted by atomic mass is 9.86. The molecule has 18 heavy (non-hydrogen) atoms. The van der Waals surface area contributed by atoms with Gasteiger partial charge in [-0.1, -0.05) is 20.3 Å². The molecule has 2 nitrogen and oxygen atoms in total. The van der Waals surface area contributed by atoms with Gasteiger partial charge in [0.15, 0.2) is 11.6 Å². The van der Waals surface area contributed by atoms with Crippen LogP contribution in [0.2, 0.25) is 0 Å². The molecule has 1 atom stereocenters. The summed E-state index contributed by atoms with van der Waals surface area (Å²) >= 11 is 3.34. The van der Waals surface area contributed by atoms with Crippen LogP contribution in [-0.4, -0.2) is 14.2 Å². The first-order valence-electron chi connectivity index (χ1n) is 6.13. The van der Waals surface area contributed by atoms with E-state index >= 15 is 0 Å². The summed E-state index contributed by atoms with van der Waals surface area (Å²) in [4.78, 5) is 0. The Balaban J connectivity index is 3.30. The molecule has 0 saturated heterocycles. The number of ether oxygens (including phenoxy) is 2. The summed E-state index contributed by atoms with van der Waals surface area (Å²) in [6.07, 6.45) is 2.64. The normalized spacial score (nSPS) is 14.3. The Morgan fingerprint density at radius 1 is 1.28 bits per heavy atom. The second kappa shape index (κ2) is 6.53. The molecule has 0 N–H and O–H groups in total. The van der Waals surface area contributed by atoms with Crippen LogP contribution in [0.4, 0.5) is 4.39 Å². The lowest BCUT2D eigenvalue weighted by Gasteiger charge is -2.32. The largest absolute Gasteiger partial charge is 0.492 e. The average molecular weight is 319 g/mol. The number of hydrogen-bond donors (Lipinski definition) is 0. The van der Waals surface area contributed by atoms with E-state index in [4.69, 9.17) is 9.47 Å². The van der Waals surface area contributed by atoms with Crippen molar-refractivity contribution in [3.05, 3.63) is 28.0 Å². The van der Waals surface area contributed by atoms with Gasteiger partial charge in [0.05, 0.1) is 17.2 Å². The van der Waals surface area contributed by atoms with Crippen LogP contribution in [0.25, 0.3) is 0 Å². The summed E-state index contributed by atoms with van der Waals surface area (Å²) in [6.45, 7) is 4.15. The van der Waals surface area contributed by atoms with Gasteiger partial charge in [-0.3, -0.25) is 0 Å². The Labute approximate surface area is 117 Å². The zero-order valence-corrected chi connectivity index (χ0v) is 12.9. The van der Waals surface area contributed by atoms with Crippen molar-refractivity contribution in [1.82, 2.24) is 0 Å². The van der Waals surface area contributed by atoms with E-state index in [0.29, 0.717) is 4.47 Å². The minimum Gasteiger partial charge on any atom is -0.492 e. The van der Waals surface area contributed by atoms with E-state index in [2.05, 4.69) is 29.8 Å². The standard InChI is InChI=1S/C14H20BrFO2/c1-5-7-14(6-2,18-4)10-8-11(15)13(17-3)12(16)9-10/h8-9H,5-7H2,1-4H3. The minimum absolute atomic E-state index is 0.233. The molecule has 0 radical (unpaired) electrons. The van der Waals surface area contributed by atoms with E-state index in [1.165, 1.54) is 13.2 Å². The van der Waals surface area contributed by atoms with Crippen molar-refractivity contribution in [3.8, 4) is 5.75 Å². The van der Waals surface area contributed by atoms with Crippen LogP contribution in [0.15, 0.2) is 16.6 Å². The van der Waals surface area contributed by atoms with E-state index < -0.39 is 5.60 Å². The predicted octanol–water partition coefficient (Wildman–Crippen LogP) is 4.65. The molecule has 0 aromatic heterocycles. The molecule has 0 bridgehead atoms. The van der Waals surface area contributed by atoms with Gasteiger partial charge in [0.25, 0.3) is 0 Å². The molecular formula is C14H20BrFO2. The summed E-state index contributed by atoms with van der Waals surface area (Å²) < 4.78 is 25.2. The molecule has 0 aliphatic carbocycles. The van der Waals surface area contributed by atoms with Crippen molar-refractivity contribution in [2.24, 2.45) is 0 Å². The fourth-order valence-electron chi connectivity index (χ4n) is 2.31. The summed E-state index contributed by atoms with van der Waals surface area (Å²) in [5.74, 6) is -0.135. The molecule has 0 amide bonds. The highest BCUT2D eigenvalue weighted by molar-refractivity contribution is 9.10. The van der Waals surface area contributed by atoms with Crippen LogP contribution in [-0.2, 0) is 10.3 Å². The molecule has 0 saturated carbocycles. The lowest BCUT2D eigenvalue weighted by molar-refractivity contribution is -0.0265. The van der Waals surface area contributed by atoms with Crippen molar-refractivity contribution < 1.29 is 13.9 Å². The fraction of sp³-hybridized carbons (Fsp3) is 0.571. The molecule has 0 spiro atoms. The van der Waals surface area contributed by atoms with Crippen LogP contribution < -0.4 is 4.74 Å². The molecular weight excluding hydrogens is 299 g/mol. The monoisotopic (exact) mass is 318 g/mol. The molecule has 1 unspecified atom stereocenters. The van der Waals surface area contributed by atoms with Gasteiger partial charge < -0.3 is 9.47 Å². The van der Waals surface area contributed by atoms with E-state index in [1.54, 1.807) is 7.11 Å². The maximum absolute atomic E-state index is 13.9. The van der Waals surface area contributed by atoms with Crippen LogP contribution >= 0.6 is 15.9 Å². The number of hydrogen-bond acceptors (Lipinski definition) is 2. The molecule has 1 rings (SSSR count). The van der Waals surface area contributed by atoms with E-state index in [0.717, 1.165) is 24.8 Å². The van der Waals surface area contributed by atoms with Gasteiger partial charge in [0, 0.05) is 7.11 Å². The first-order valence-corrected chi connectivity index (χ1v) is 6.92. The van der Waals surface area contributed by atoms with Gasteiger partial charge in [-0.15, -0.1) is 0 Å². The Hall–Kier alpha value is -0.610. The summed E-state index contributed by atoms with van der Waals surface area (Å²) in [7, 11) is 3.13. The second-order valence-electron chi connectivity index (χ2n) is 4.28. The Kier molecular flexibility index (Phi) is 5.60. The second-order valence-corrected chi connectivity index (χ2v) is 5.13. The maximum Gasteiger partial charge on any atom is 0.168 e. The molecule has 1 aromatic carbocycles. The topological polar surface area (TPSA) is 18.5 Å². The van der Waals surface area contributed by atoms with Crippen LogP contribution in [0.5, 0.6) is 5.75 Å². The smallest absolute Gasteiger partial charge is 0.168 e. The van der Waals surface area contributed by atoms with Crippen molar-refractivity contribution >= 4 is 15.9 Å². The van der Waals surface area contributed by atoms with E-state index in [1.807, 2.05) is 6.07 Å². The molecule has 0 aliphatic heterocycles. The number of methoxy groups -OCH3 is 2. The first kappa shape index (κ1) is 15.4. The van der Waals surface area contributed by atoms with Crippen LogP contribution in [0, 0.1) is 5.82 Å². The van der Waals surface area contributed by atoms with Crippen molar-refractivity contribution in [1.29, 1.82) is 0 Å². The highest BCUT2D eigenvalue weighted by Crippen LogP contribution is 2.39. The average Bonchev–Trinajstić information content (AvgIpc) is 2.35. The van der Waals surface area contributed by atoms with Gasteiger partial charge >= 0.3 is 0 Å². The van der Waals surface area contributed by atoms with E-state index in [-0.39, 0.29) is 11.6 Å². The van der Waals surface area contributed by atoms with Crippen LogP contribution in [0.1, 0.15) is 38.7 Å². The third-order valence-electron chi connectivity index (χ3n) is 3.34. The number of halogens is 2. The van der Waals surface area contributed by atoms with Gasteiger partial charge in [0.1, 0.15) is 0 Å². The fourth-order valence-corrected chi connectivity index (χ4v) is 2.91. The third kappa shape index (κ3) is 2.86.